The molecule has 1 amide bonds. The molecular formula is C22H31N5O4. The highest BCUT2D eigenvalue weighted by Crippen LogP contribution is 2.29. The van der Waals surface area contributed by atoms with Gasteiger partial charge in [-0.25, -0.2) is 14.8 Å². The van der Waals surface area contributed by atoms with Crippen LogP contribution < -0.4 is 11.1 Å². The summed E-state index contributed by atoms with van der Waals surface area (Å²) in [6.07, 6.45) is -0.454. The fourth-order valence-electron chi connectivity index (χ4n) is 3.25. The lowest BCUT2D eigenvalue weighted by molar-refractivity contribution is 0.0496. The molecule has 0 spiro atoms. The van der Waals surface area contributed by atoms with E-state index in [0.29, 0.717) is 50.9 Å². The van der Waals surface area contributed by atoms with Crippen molar-refractivity contribution in [2.45, 2.75) is 46.4 Å². The van der Waals surface area contributed by atoms with E-state index >= 15 is 0 Å². The van der Waals surface area contributed by atoms with Crippen LogP contribution in [-0.4, -0.2) is 52.6 Å². The minimum Gasteiger partial charge on any atom is -0.444 e. The van der Waals surface area contributed by atoms with E-state index in [0.717, 1.165) is 22.2 Å². The number of carbonyl (C=O) groups excluding carboxylic acids is 1. The Morgan fingerprint density at radius 1 is 1.16 bits per heavy atom. The Balaban J connectivity index is 1.69. The van der Waals surface area contributed by atoms with Gasteiger partial charge in [-0.05, 0) is 33.8 Å². The Morgan fingerprint density at radius 2 is 1.94 bits per heavy atom. The van der Waals surface area contributed by atoms with Crippen LogP contribution in [0.4, 0.5) is 10.6 Å². The number of amides is 1. The van der Waals surface area contributed by atoms with Crippen molar-refractivity contribution in [1.29, 1.82) is 0 Å². The van der Waals surface area contributed by atoms with Gasteiger partial charge < -0.3 is 29.8 Å². The molecule has 0 bridgehead atoms. The predicted octanol–water partition coefficient (Wildman–Crippen LogP) is 3.24. The van der Waals surface area contributed by atoms with Crippen LogP contribution in [0.3, 0.4) is 0 Å². The zero-order valence-corrected chi connectivity index (χ0v) is 18.6. The standard InChI is InChI=1S/C22H31N5O4/c1-5-29-14-17-26-18-19(15-8-6-7-9-16(15)25-20(18)23)27(17)11-13-30-12-10-24-21(28)31-22(2,3)4/h6-9H,5,10-14H2,1-4H3,(H2,23,25)(H,24,28). The Kier molecular flexibility index (Phi) is 7.29. The smallest absolute Gasteiger partial charge is 0.407 e. The SMILES string of the molecule is CCOCc1nc2c(N)nc3ccccc3c2n1CCOCCNC(=O)OC(C)(C)C. The summed E-state index contributed by atoms with van der Waals surface area (Å²) in [5.41, 5.74) is 8.07. The van der Waals surface area contributed by atoms with Crippen molar-refractivity contribution < 1.29 is 19.0 Å². The third kappa shape index (κ3) is 5.83. The molecule has 0 aliphatic heterocycles. The van der Waals surface area contributed by atoms with Gasteiger partial charge in [0.25, 0.3) is 0 Å². The highest BCUT2D eigenvalue weighted by Gasteiger charge is 2.18. The molecular weight excluding hydrogens is 398 g/mol. The first-order chi connectivity index (χ1) is 14.8. The van der Waals surface area contributed by atoms with E-state index in [9.17, 15) is 4.79 Å². The van der Waals surface area contributed by atoms with Crippen molar-refractivity contribution in [1.82, 2.24) is 19.9 Å². The third-order valence-corrected chi connectivity index (χ3v) is 4.50. The van der Waals surface area contributed by atoms with Crippen molar-refractivity contribution >= 4 is 33.8 Å². The first-order valence-electron chi connectivity index (χ1n) is 10.5. The van der Waals surface area contributed by atoms with Crippen LogP contribution in [0, 0.1) is 0 Å². The van der Waals surface area contributed by atoms with Gasteiger partial charge in [-0.2, -0.15) is 0 Å². The summed E-state index contributed by atoms with van der Waals surface area (Å²) in [6.45, 7) is 10.1. The van der Waals surface area contributed by atoms with Crippen LogP contribution in [0.2, 0.25) is 0 Å². The van der Waals surface area contributed by atoms with E-state index in [-0.39, 0.29) is 0 Å². The first-order valence-corrected chi connectivity index (χ1v) is 10.5. The van der Waals surface area contributed by atoms with Gasteiger partial charge in [0, 0.05) is 25.1 Å². The summed E-state index contributed by atoms with van der Waals surface area (Å²) >= 11 is 0. The number of para-hydroxylation sites is 1. The molecule has 2 heterocycles. The van der Waals surface area contributed by atoms with Gasteiger partial charge in [-0.3, -0.25) is 0 Å². The van der Waals surface area contributed by atoms with Crippen LogP contribution in [0.5, 0.6) is 0 Å². The van der Waals surface area contributed by atoms with E-state index in [1.54, 1.807) is 0 Å². The number of hydrogen-bond acceptors (Lipinski definition) is 7. The number of fused-ring (bicyclic) bond motifs is 3. The number of rotatable bonds is 9. The third-order valence-electron chi connectivity index (χ3n) is 4.50. The quantitative estimate of drug-likeness (QED) is 0.502. The van der Waals surface area contributed by atoms with Gasteiger partial charge in [-0.1, -0.05) is 18.2 Å². The maximum atomic E-state index is 11.7. The maximum absolute atomic E-state index is 11.7. The molecule has 9 heteroatoms. The molecule has 31 heavy (non-hydrogen) atoms. The fraction of sp³-hybridized carbons (Fsp3) is 0.500. The number of alkyl carbamates (subject to hydrolysis) is 1. The molecule has 3 N–H and O–H groups in total. The summed E-state index contributed by atoms with van der Waals surface area (Å²) in [5.74, 6) is 1.17. The van der Waals surface area contributed by atoms with Crippen molar-refractivity contribution in [3.63, 3.8) is 0 Å². The second kappa shape index (κ2) is 9.93. The molecule has 9 nitrogen and oxygen atoms in total. The monoisotopic (exact) mass is 429 g/mol. The first kappa shape index (κ1) is 22.8. The number of anilines is 1. The number of ether oxygens (including phenoxy) is 3. The molecule has 168 valence electrons. The average Bonchev–Trinajstić information content (AvgIpc) is 3.07. The van der Waals surface area contributed by atoms with E-state index < -0.39 is 11.7 Å². The van der Waals surface area contributed by atoms with Gasteiger partial charge >= 0.3 is 6.09 Å². The summed E-state index contributed by atoms with van der Waals surface area (Å²) in [7, 11) is 0. The maximum Gasteiger partial charge on any atom is 0.407 e. The van der Waals surface area contributed by atoms with Gasteiger partial charge in [0.05, 0.1) is 24.2 Å². The highest BCUT2D eigenvalue weighted by molar-refractivity contribution is 6.06. The predicted molar refractivity (Wildman–Crippen MR) is 120 cm³/mol. The van der Waals surface area contributed by atoms with Gasteiger partial charge in [0.15, 0.2) is 5.82 Å². The molecule has 3 aromatic rings. The molecule has 0 aliphatic rings. The molecule has 0 aliphatic carbocycles. The Morgan fingerprint density at radius 3 is 2.68 bits per heavy atom. The number of nitrogen functional groups attached to an aromatic ring is 1. The lowest BCUT2D eigenvalue weighted by Crippen LogP contribution is -2.34. The summed E-state index contributed by atoms with van der Waals surface area (Å²) in [5, 5.41) is 3.66. The Hall–Kier alpha value is -2.91. The van der Waals surface area contributed by atoms with Crippen molar-refractivity contribution in [2.75, 3.05) is 32.1 Å². The van der Waals surface area contributed by atoms with Crippen LogP contribution in [0.15, 0.2) is 24.3 Å². The molecule has 2 aromatic heterocycles. The minimum absolute atomic E-state index is 0.366. The number of nitrogens with one attached hydrogen (secondary N) is 1. The molecule has 1 aromatic carbocycles. The number of hydrogen-bond donors (Lipinski definition) is 2. The van der Waals surface area contributed by atoms with E-state index in [1.165, 1.54) is 0 Å². The van der Waals surface area contributed by atoms with E-state index in [1.807, 2.05) is 52.0 Å². The number of nitrogens with zero attached hydrogens (tertiary/aromatic N) is 3. The molecule has 0 saturated carbocycles. The highest BCUT2D eigenvalue weighted by atomic mass is 16.6. The lowest BCUT2D eigenvalue weighted by Gasteiger charge is -2.19. The zero-order valence-electron chi connectivity index (χ0n) is 18.6. The number of pyridine rings is 1. The number of benzene rings is 1. The van der Waals surface area contributed by atoms with Gasteiger partial charge in [0.2, 0.25) is 0 Å². The molecule has 0 unspecified atom stereocenters. The number of imidazole rings is 1. The number of carbonyl (C=O) groups is 1. The summed E-state index contributed by atoms with van der Waals surface area (Å²) < 4.78 is 18.6. The fourth-order valence-corrected chi connectivity index (χ4v) is 3.25. The molecule has 0 saturated heterocycles. The minimum atomic E-state index is -0.524. The van der Waals surface area contributed by atoms with Crippen molar-refractivity contribution in [3.05, 3.63) is 30.1 Å². The zero-order chi connectivity index (χ0) is 22.4. The molecule has 0 radical (unpaired) electrons. The van der Waals surface area contributed by atoms with Gasteiger partial charge in [0.1, 0.15) is 23.5 Å². The second-order valence-corrected chi connectivity index (χ2v) is 8.07. The van der Waals surface area contributed by atoms with Gasteiger partial charge in [-0.15, -0.1) is 0 Å². The van der Waals surface area contributed by atoms with Crippen molar-refractivity contribution in [3.8, 4) is 0 Å². The lowest BCUT2D eigenvalue weighted by atomic mass is 10.2. The normalized spacial score (nSPS) is 11.9. The van der Waals surface area contributed by atoms with Crippen LogP contribution in [0.25, 0.3) is 21.9 Å². The van der Waals surface area contributed by atoms with Crippen molar-refractivity contribution in [2.24, 2.45) is 0 Å². The second-order valence-electron chi connectivity index (χ2n) is 8.07. The largest absolute Gasteiger partial charge is 0.444 e. The molecule has 0 fully saturated rings. The van der Waals surface area contributed by atoms with Crippen LogP contribution in [0.1, 0.15) is 33.5 Å². The van der Waals surface area contributed by atoms with Crippen LogP contribution in [-0.2, 0) is 27.4 Å². The summed E-state index contributed by atoms with van der Waals surface area (Å²) in [4.78, 5) is 20.9. The average molecular weight is 430 g/mol. The van der Waals surface area contributed by atoms with E-state index in [4.69, 9.17) is 24.9 Å². The van der Waals surface area contributed by atoms with Crippen LogP contribution >= 0.6 is 0 Å². The topological polar surface area (TPSA) is 114 Å². The summed E-state index contributed by atoms with van der Waals surface area (Å²) in [6, 6.07) is 7.85. The molecule has 3 rings (SSSR count). The Bertz CT molecular complexity index is 1040. The Labute approximate surface area is 181 Å². The number of aromatic nitrogens is 3. The number of nitrogens with two attached hydrogens (primary N) is 1. The molecule has 0 atom stereocenters. The van der Waals surface area contributed by atoms with E-state index in [2.05, 4.69) is 14.9 Å².